The summed E-state index contributed by atoms with van der Waals surface area (Å²) >= 11 is 6.89. The van der Waals surface area contributed by atoms with E-state index in [1.54, 1.807) is 11.3 Å². The minimum absolute atomic E-state index is 0. The molecule has 0 bridgehead atoms. The van der Waals surface area contributed by atoms with Gasteiger partial charge in [0.15, 0.2) is 0 Å². The van der Waals surface area contributed by atoms with Gasteiger partial charge in [-0.1, -0.05) is 24.3 Å². The largest absolute Gasteiger partial charge is 1.00 e. The van der Waals surface area contributed by atoms with Gasteiger partial charge in [0.2, 0.25) is 0 Å². The van der Waals surface area contributed by atoms with Gasteiger partial charge in [0, 0.05) is 10.6 Å². The van der Waals surface area contributed by atoms with Crippen molar-refractivity contribution in [2.24, 2.45) is 4.99 Å². The van der Waals surface area contributed by atoms with Crippen LogP contribution >= 0.6 is 11.3 Å². The van der Waals surface area contributed by atoms with Crippen molar-refractivity contribution in [3.63, 3.8) is 0 Å². The van der Waals surface area contributed by atoms with Crippen LogP contribution < -0.4 is 0 Å². The quantitative estimate of drug-likeness (QED) is 0.399. The van der Waals surface area contributed by atoms with E-state index in [1.807, 2.05) is 42.6 Å². The monoisotopic (exact) mass is 437 g/mol. The van der Waals surface area contributed by atoms with Crippen LogP contribution in [0.2, 0.25) is 0 Å². The molecular formula is C12H10NS2Tl. The van der Waals surface area contributed by atoms with Gasteiger partial charge in [-0.3, -0.25) is 4.99 Å². The Bertz CT molecular complexity index is 478. The molecule has 2 aromatic rings. The molecule has 16 heavy (non-hydrogen) atoms. The van der Waals surface area contributed by atoms with Crippen LogP contribution in [-0.2, 0) is 12.6 Å². The van der Waals surface area contributed by atoms with E-state index in [0.717, 1.165) is 16.3 Å². The number of hydrogen-bond donors (Lipinski definition) is 0. The van der Waals surface area contributed by atoms with E-state index >= 15 is 0 Å². The molecule has 0 amide bonds. The van der Waals surface area contributed by atoms with Crippen molar-refractivity contribution in [3.05, 3.63) is 46.7 Å². The van der Waals surface area contributed by atoms with Crippen LogP contribution in [0.3, 0.4) is 0 Å². The first-order valence-electron chi connectivity index (χ1n) is 4.62. The van der Waals surface area contributed by atoms with Crippen LogP contribution in [0.4, 0.5) is 5.69 Å². The minimum Gasteiger partial charge on any atom is -0.778 e. The second-order valence-electron chi connectivity index (χ2n) is 3.14. The van der Waals surface area contributed by atoms with Gasteiger partial charge in [-0.25, -0.2) is 0 Å². The molecule has 1 aromatic heterocycles. The van der Waals surface area contributed by atoms with Crippen molar-refractivity contribution < 1.29 is 0 Å². The Morgan fingerprint density at radius 2 is 1.94 bits per heavy atom. The van der Waals surface area contributed by atoms with Crippen LogP contribution in [0.15, 0.2) is 51.7 Å². The van der Waals surface area contributed by atoms with Crippen molar-refractivity contribution in [1.82, 2.24) is 0 Å². The fourth-order valence-corrected chi connectivity index (χ4v) is 2.14. The first-order chi connectivity index (χ1) is 7.27. The molecule has 0 fully saturated rings. The average molecular weight is 437 g/mol. The molecular weight excluding hydrogens is 427 g/mol. The SMILES string of the molecule is CC(=Nc1ccccc1[S-])c1cccs1.[Tl+]. The van der Waals surface area contributed by atoms with Crippen molar-refractivity contribution in [2.75, 3.05) is 0 Å². The first kappa shape index (κ1) is 13.8. The maximum Gasteiger partial charge on any atom is 1.00 e. The molecule has 0 radical (unpaired) electrons. The maximum atomic E-state index is 5.20. The number of aliphatic imine (C=N–C) groups is 1. The van der Waals surface area contributed by atoms with E-state index in [4.69, 9.17) is 12.6 Å². The number of hydrogen-bond acceptors (Lipinski definition) is 3. The van der Waals surface area contributed by atoms with Crippen LogP contribution in [0.5, 0.6) is 0 Å². The normalized spacial score (nSPS) is 10.9. The topological polar surface area (TPSA) is 12.4 Å². The Morgan fingerprint density at radius 3 is 2.56 bits per heavy atom. The van der Waals surface area contributed by atoms with Crippen LogP contribution in [-0.4, -0.2) is 33.0 Å². The summed E-state index contributed by atoms with van der Waals surface area (Å²) in [7, 11) is 0. The van der Waals surface area contributed by atoms with Gasteiger partial charge in [0.25, 0.3) is 0 Å². The van der Waals surface area contributed by atoms with Crippen molar-refractivity contribution in [2.45, 2.75) is 11.8 Å². The molecule has 1 heterocycles. The van der Waals surface area contributed by atoms with E-state index in [2.05, 4.69) is 11.1 Å². The van der Waals surface area contributed by atoms with E-state index in [9.17, 15) is 0 Å². The van der Waals surface area contributed by atoms with Crippen LogP contribution in [0.1, 0.15) is 11.8 Å². The molecule has 2 rings (SSSR count). The number of rotatable bonds is 2. The van der Waals surface area contributed by atoms with Gasteiger partial charge in [0.1, 0.15) is 0 Å². The summed E-state index contributed by atoms with van der Waals surface area (Å²) < 4.78 is 0. The van der Waals surface area contributed by atoms with Crippen molar-refractivity contribution >= 4 is 62.7 Å². The molecule has 1 aromatic carbocycles. The molecule has 1 nitrogen and oxygen atoms in total. The Labute approximate surface area is 125 Å². The van der Waals surface area contributed by atoms with Gasteiger partial charge in [-0.05, 0) is 24.4 Å². The van der Waals surface area contributed by atoms with Gasteiger partial charge in [0.05, 0.1) is 5.71 Å². The third-order valence-electron chi connectivity index (χ3n) is 2.03. The number of thiophene rings is 1. The molecule has 78 valence electrons. The second kappa shape index (κ2) is 6.46. The number of nitrogens with zero attached hydrogens (tertiary/aromatic N) is 1. The summed E-state index contributed by atoms with van der Waals surface area (Å²) in [5.74, 6) is 0. The summed E-state index contributed by atoms with van der Waals surface area (Å²) in [4.78, 5) is 6.51. The van der Waals surface area contributed by atoms with Gasteiger partial charge >= 0.3 is 27.3 Å². The van der Waals surface area contributed by atoms with E-state index in [1.165, 1.54) is 4.88 Å². The zero-order valence-electron chi connectivity index (χ0n) is 8.88. The molecule has 0 aliphatic heterocycles. The molecule has 0 aliphatic carbocycles. The zero-order chi connectivity index (χ0) is 10.7. The van der Waals surface area contributed by atoms with Crippen LogP contribution in [0.25, 0.3) is 0 Å². The molecule has 0 N–H and O–H groups in total. The van der Waals surface area contributed by atoms with Crippen molar-refractivity contribution in [1.29, 1.82) is 0 Å². The molecule has 0 atom stereocenters. The maximum absolute atomic E-state index is 5.20. The van der Waals surface area contributed by atoms with Crippen LogP contribution in [0, 0.1) is 0 Å². The molecule has 4 heteroatoms. The van der Waals surface area contributed by atoms with Gasteiger partial charge in [-0.2, -0.15) is 0 Å². The van der Waals surface area contributed by atoms with E-state index in [-0.39, 0.29) is 27.3 Å². The standard InChI is InChI=1S/C12H11NS2.Tl/c1-9(12-7-4-8-15-12)13-10-5-2-3-6-11(10)14;/h2-8,14H,1H3;/q;+1/p-1. The summed E-state index contributed by atoms with van der Waals surface area (Å²) in [5.41, 5.74) is 1.89. The third-order valence-corrected chi connectivity index (χ3v) is 3.36. The predicted molar refractivity (Wildman–Crippen MR) is 74.0 cm³/mol. The molecule has 0 aliphatic rings. The second-order valence-corrected chi connectivity index (χ2v) is 4.53. The Balaban J connectivity index is 0.00000128. The average Bonchev–Trinajstić information content (AvgIpc) is 2.74. The fraction of sp³-hybridized carbons (Fsp3) is 0.0833. The first-order valence-corrected chi connectivity index (χ1v) is 5.91. The zero-order valence-corrected chi connectivity index (χ0v) is 15.0. The van der Waals surface area contributed by atoms with E-state index < -0.39 is 0 Å². The molecule has 0 unspecified atom stereocenters. The summed E-state index contributed by atoms with van der Waals surface area (Å²) in [6, 6.07) is 11.8. The van der Waals surface area contributed by atoms with Gasteiger partial charge in [-0.15, -0.1) is 16.2 Å². The Kier molecular flexibility index (Phi) is 5.57. The number of benzene rings is 1. The third kappa shape index (κ3) is 3.36. The number of para-hydroxylation sites is 1. The molecule has 0 saturated carbocycles. The predicted octanol–water partition coefficient (Wildman–Crippen LogP) is 3.41. The summed E-state index contributed by atoms with van der Waals surface area (Å²) in [5, 5.41) is 2.05. The molecule has 0 spiro atoms. The summed E-state index contributed by atoms with van der Waals surface area (Å²) in [6.45, 7) is 2.01. The Hall–Kier alpha value is -0.268. The van der Waals surface area contributed by atoms with E-state index in [0.29, 0.717) is 0 Å². The summed E-state index contributed by atoms with van der Waals surface area (Å²) in [6.07, 6.45) is 0. The van der Waals surface area contributed by atoms with Gasteiger partial charge < -0.3 is 12.6 Å². The molecule has 0 saturated heterocycles. The van der Waals surface area contributed by atoms with Crippen molar-refractivity contribution in [3.8, 4) is 0 Å². The smallest absolute Gasteiger partial charge is 0.778 e. The minimum atomic E-state index is 0. The fourth-order valence-electron chi connectivity index (χ4n) is 1.27. The Morgan fingerprint density at radius 1 is 1.19 bits per heavy atom.